The van der Waals surface area contributed by atoms with Gasteiger partial charge in [-0.3, -0.25) is 0 Å². The minimum absolute atomic E-state index is 0.0763. The number of rotatable bonds is 5. The lowest BCUT2D eigenvalue weighted by Gasteiger charge is -2.31. The Labute approximate surface area is 137 Å². The summed E-state index contributed by atoms with van der Waals surface area (Å²) in [6, 6.07) is 12.8. The van der Waals surface area contributed by atoms with Gasteiger partial charge in [-0.15, -0.1) is 0 Å². The molecule has 1 fully saturated rings. The van der Waals surface area contributed by atoms with Crippen molar-refractivity contribution in [3.63, 3.8) is 0 Å². The van der Waals surface area contributed by atoms with Crippen LogP contribution in [-0.2, 0) is 12.8 Å². The molecular weight excluding hydrogens is 286 g/mol. The zero-order valence-electron chi connectivity index (χ0n) is 13.7. The van der Waals surface area contributed by atoms with Crippen LogP contribution in [0.1, 0.15) is 42.8 Å². The van der Waals surface area contributed by atoms with Crippen LogP contribution >= 0.6 is 0 Å². The van der Waals surface area contributed by atoms with Gasteiger partial charge in [0.05, 0.1) is 6.07 Å². The first-order valence-corrected chi connectivity index (χ1v) is 8.44. The van der Waals surface area contributed by atoms with Gasteiger partial charge in [-0.25, -0.2) is 4.98 Å². The Hall–Kier alpha value is -2.28. The van der Waals surface area contributed by atoms with Crippen molar-refractivity contribution >= 4 is 5.88 Å². The van der Waals surface area contributed by atoms with Gasteiger partial charge in [-0.2, -0.15) is 5.26 Å². The molecule has 1 saturated heterocycles. The fraction of sp³-hybridized carbons (Fsp3) is 0.474. The molecule has 3 rings (SSSR count). The van der Waals surface area contributed by atoms with Gasteiger partial charge in [0.25, 0.3) is 0 Å². The van der Waals surface area contributed by atoms with Gasteiger partial charge in [0.2, 0.25) is 5.88 Å². The third-order valence-corrected chi connectivity index (χ3v) is 4.43. The van der Waals surface area contributed by atoms with E-state index < -0.39 is 0 Å². The summed E-state index contributed by atoms with van der Waals surface area (Å²) in [4.78, 5) is 6.66. The molecular formula is C19H23N3O. The van der Waals surface area contributed by atoms with Crippen LogP contribution in [0.3, 0.4) is 0 Å². The Balaban J connectivity index is 1.63. The number of nitrogens with zero attached hydrogens (tertiary/aromatic N) is 3. The van der Waals surface area contributed by atoms with Gasteiger partial charge in [0.15, 0.2) is 5.89 Å². The Morgan fingerprint density at radius 2 is 2.09 bits per heavy atom. The van der Waals surface area contributed by atoms with E-state index in [1.807, 2.05) is 13.0 Å². The van der Waals surface area contributed by atoms with Crippen molar-refractivity contribution in [1.29, 1.82) is 5.26 Å². The number of hydrogen-bond donors (Lipinski definition) is 0. The second-order valence-electron chi connectivity index (χ2n) is 6.17. The van der Waals surface area contributed by atoms with Crippen molar-refractivity contribution in [2.75, 3.05) is 11.4 Å². The molecule has 2 heterocycles. The first-order valence-electron chi connectivity index (χ1n) is 8.44. The highest BCUT2D eigenvalue weighted by Gasteiger charge is 2.27. The molecule has 4 nitrogen and oxygen atoms in total. The predicted octanol–water partition coefficient (Wildman–Crippen LogP) is 4.04. The fourth-order valence-electron chi connectivity index (χ4n) is 3.21. The molecule has 0 amide bonds. The van der Waals surface area contributed by atoms with Crippen molar-refractivity contribution in [1.82, 2.24) is 4.98 Å². The molecule has 1 aromatic carbocycles. The van der Waals surface area contributed by atoms with Gasteiger partial charge in [-0.1, -0.05) is 30.3 Å². The van der Waals surface area contributed by atoms with E-state index in [-0.39, 0.29) is 6.04 Å². The second-order valence-corrected chi connectivity index (χ2v) is 6.17. The third-order valence-electron chi connectivity index (χ3n) is 4.43. The molecule has 1 aliphatic rings. The van der Waals surface area contributed by atoms with Gasteiger partial charge < -0.3 is 9.32 Å². The van der Waals surface area contributed by atoms with Crippen molar-refractivity contribution in [3.05, 3.63) is 47.5 Å². The van der Waals surface area contributed by atoms with Crippen LogP contribution in [0.4, 0.5) is 5.88 Å². The van der Waals surface area contributed by atoms with Gasteiger partial charge in [0, 0.05) is 13.0 Å². The third kappa shape index (κ3) is 3.73. The Kier molecular flexibility index (Phi) is 4.97. The molecule has 23 heavy (non-hydrogen) atoms. The average molecular weight is 309 g/mol. The molecule has 120 valence electrons. The monoisotopic (exact) mass is 309 g/mol. The van der Waals surface area contributed by atoms with Crippen LogP contribution in [0, 0.1) is 18.3 Å². The van der Waals surface area contributed by atoms with Crippen molar-refractivity contribution < 1.29 is 4.42 Å². The van der Waals surface area contributed by atoms with Crippen molar-refractivity contribution in [2.24, 2.45) is 0 Å². The van der Waals surface area contributed by atoms with E-state index in [2.05, 4.69) is 40.2 Å². The molecule has 0 bridgehead atoms. The van der Waals surface area contributed by atoms with Crippen LogP contribution in [0.25, 0.3) is 0 Å². The normalized spacial score (nSPS) is 17.9. The van der Waals surface area contributed by atoms with Crippen LogP contribution in [0.15, 0.2) is 34.7 Å². The summed E-state index contributed by atoms with van der Waals surface area (Å²) in [6.07, 6.45) is 6.03. The van der Waals surface area contributed by atoms with E-state index in [1.165, 1.54) is 5.56 Å². The SMILES string of the molecule is Cc1nc(CCCc2ccccc2)oc1N1CCCC[C@H]1C#N. The highest BCUT2D eigenvalue weighted by molar-refractivity contribution is 5.44. The Bertz CT molecular complexity index is 672. The maximum Gasteiger partial charge on any atom is 0.220 e. The van der Waals surface area contributed by atoms with Crippen molar-refractivity contribution in [2.45, 2.75) is 51.5 Å². The highest BCUT2D eigenvalue weighted by Crippen LogP contribution is 2.28. The van der Waals surface area contributed by atoms with Crippen LogP contribution in [-0.4, -0.2) is 17.6 Å². The summed E-state index contributed by atoms with van der Waals surface area (Å²) in [6.45, 7) is 2.86. The second kappa shape index (κ2) is 7.32. The van der Waals surface area contributed by atoms with Gasteiger partial charge in [0.1, 0.15) is 11.7 Å². The quantitative estimate of drug-likeness (QED) is 0.836. The van der Waals surface area contributed by atoms with Crippen LogP contribution in [0.5, 0.6) is 0 Å². The number of hydrogen-bond acceptors (Lipinski definition) is 4. The number of oxazole rings is 1. The predicted molar refractivity (Wildman–Crippen MR) is 90.3 cm³/mol. The summed E-state index contributed by atoms with van der Waals surface area (Å²) >= 11 is 0. The lowest BCUT2D eigenvalue weighted by Crippen LogP contribution is -2.38. The van der Waals surface area contributed by atoms with E-state index in [0.717, 1.165) is 62.5 Å². The molecule has 2 aromatic rings. The minimum Gasteiger partial charge on any atom is -0.425 e. The zero-order valence-corrected chi connectivity index (χ0v) is 13.7. The maximum absolute atomic E-state index is 9.33. The smallest absolute Gasteiger partial charge is 0.220 e. The molecule has 0 spiro atoms. The number of nitriles is 1. The lowest BCUT2D eigenvalue weighted by atomic mass is 10.0. The summed E-state index contributed by atoms with van der Waals surface area (Å²) in [7, 11) is 0. The number of piperidine rings is 1. The van der Waals surface area contributed by atoms with Gasteiger partial charge in [-0.05, 0) is 44.6 Å². The molecule has 0 N–H and O–H groups in total. The van der Waals surface area contributed by atoms with E-state index in [9.17, 15) is 5.26 Å². The molecule has 0 unspecified atom stereocenters. The summed E-state index contributed by atoms with van der Waals surface area (Å²) in [5, 5.41) is 9.33. The fourth-order valence-corrected chi connectivity index (χ4v) is 3.21. The van der Waals surface area contributed by atoms with E-state index in [4.69, 9.17) is 4.42 Å². The topological polar surface area (TPSA) is 53.1 Å². The molecule has 1 aliphatic heterocycles. The summed E-state index contributed by atoms with van der Waals surface area (Å²) in [5.74, 6) is 1.58. The highest BCUT2D eigenvalue weighted by atomic mass is 16.4. The molecule has 1 atom stereocenters. The first kappa shape index (κ1) is 15.6. The minimum atomic E-state index is -0.0763. The van der Waals surface area contributed by atoms with Crippen LogP contribution < -0.4 is 4.90 Å². The number of aryl methyl sites for hydroxylation is 3. The Morgan fingerprint density at radius 3 is 2.87 bits per heavy atom. The molecule has 0 aliphatic carbocycles. The first-order chi connectivity index (χ1) is 11.3. The van der Waals surface area contributed by atoms with Gasteiger partial charge >= 0.3 is 0 Å². The largest absolute Gasteiger partial charge is 0.425 e. The average Bonchev–Trinajstić information content (AvgIpc) is 2.96. The van der Waals surface area contributed by atoms with E-state index in [1.54, 1.807) is 0 Å². The number of benzene rings is 1. The Morgan fingerprint density at radius 1 is 1.26 bits per heavy atom. The molecule has 1 aromatic heterocycles. The van der Waals surface area contributed by atoms with Crippen molar-refractivity contribution in [3.8, 4) is 6.07 Å². The summed E-state index contributed by atoms with van der Waals surface area (Å²) < 4.78 is 5.99. The molecule has 0 radical (unpaired) electrons. The van der Waals surface area contributed by atoms with E-state index in [0.29, 0.717) is 0 Å². The molecule has 4 heteroatoms. The number of anilines is 1. The summed E-state index contributed by atoms with van der Waals surface area (Å²) in [5.41, 5.74) is 2.25. The lowest BCUT2D eigenvalue weighted by molar-refractivity contribution is 0.439. The van der Waals surface area contributed by atoms with Crippen LogP contribution in [0.2, 0.25) is 0 Å². The standard InChI is InChI=1S/C19H23N3O/c1-15-19(22-13-6-5-11-17(22)14-20)23-18(21-15)12-7-10-16-8-3-2-4-9-16/h2-4,8-9,17H,5-7,10-13H2,1H3/t17-/m0/s1. The number of aromatic nitrogens is 1. The molecule has 0 saturated carbocycles. The maximum atomic E-state index is 9.33. The zero-order chi connectivity index (χ0) is 16.1. The van der Waals surface area contributed by atoms with E-state index >= 15 is 0 Å².